The van der Waals surface area contributed by atoms with Gasteiger partial charge in [-0.3, -0.25) is 4.98 Å². The van der Waals surface area contributed by atoms with Gasteiger partial charge in [-0.05, 0) is 64.4 Å². The van der Waals surface area contributed by atoms with E-state index in [1.807, 2.05) is 13.1 Å². The van der Waals surface area contributed by atoms with Crippen LogP contribution < -0.4 is 5.32 Å². The molecule has 19 heavy (non-hydrogen) atoms. The van der Waals surface area contributed by atoms with Gasteiger partial charge in [0.25, 0.3) is 0 Å². The molecular formula is C16H27N3. The predicted molar refractivity (Wildman–Crippen MR) is 80.2 cm³/mol. The monoisotopic (exact) mass is 261 g/mol. The van der Waals surface area contributed by atoms with Crippen LogP contribution in [0.15, 0.2) is 18.3 Å². The average molecular weight is 261 g/mol. The zero-order valence-corrected chi connectivity index (χ0v) is 12.4. The molecule has 1 aliphatic rings. The van der Waals surface area contributed by atoms with Crippen LogP contribution in [-0.4, -0.2) is 35.6 Å². The minimum absolute atomic E-state index is 0.787. The van der Waals surface area contributed by atoms with Gasteiger partial charge >= 0.3 is 0 Å². The third-order valence-corrected chi connectivity index (χ3v) is 4.04. The molecule has 3 nitrogen and oxygen atoms in total. The van der Waals surface area contributed by atoms with Crippen LogP contribution in [0.25, 0.3) is 0 Å². The normalized spacial score (nSPS) is 20.6. The summed E-state index contributed by atoms with van der Waals surface area (Å²) in [5.74, 6) is 0. The quantitative estimate of drug-likeness (QED) is 0.798. The summed E-state index contributed by atoms with van der Waals surface area (Å²) < 4.78 is 0. The Morgan fingerprint density at radius 2 is 2.26 bits per heavy atom. The molecule has 1 aromatic heterocycles. The molecule has 1 N–H and O–H groups in total. The number of pyridine rings is 1. The highest BCUT2D eigenvalue weighted by molar-refractivity contribution is 5.12. The fourth-order valence-electron chi connectivity index (χ4n) is 2.73. The summed E-state index contributed by atoms with van der Waals surface area (Å²) in [6.45, 7) is 8.95. The Morgan fingerprint density at radius 3 is 3.00 bits per heavy atom. The highest BCUT2D eigenvalue weighted by Gasteiger charge is 2.16. The molecule has 0 saturated carbocycles. The summed E-state index contributed by atoms with van der Waals surface area (Å²) >= 11 is 0. The van der Waals surface area contributed by atoms with E-state index in [9.17, 15) is 0 Å². The maximum Gasteiger partial charge on any atom is 0.0372 e. The van der Waals surface area contributed by atoms with Crippen molar-refractivity contribution in [2.24, 2.45) is 0 Å². The predicted octanol–water partition coefficient (Wildman–Crippen LogP) is 2.74. The minimum atomic E-state index is 0.787. The Labute approximate surface area is 117 Å². The molecule has 1 saturated heterocycles. The highest BCUT2D eigenvalue weighted by Crippen LogP contribution is 2.16. The second kappa shape index (κ2) is 7.61. The van der Waals surface area contributed by atoms with Crippen molar-refractivity contribution in [3.63, 3.8) is 0 Å². The first-order valence-corrected chi connectivity index (χ1v) is 7.62. The van der Waals surface area contributed by atoms with Crippen molar-refractivity contribution in [2.45, 2.75) is 52.1 Å². The minimum Gasteiger partial charge on any atom is -0.313 e. The van der Waals surface area contributed by atoms with E-state index in [0.29, 0.717) is 0 Å². The largest absolute Gasteiger partial charge is 0.313 e. The van der Waals surface area contributed by atoms with Crippen LogP contribution in [0, 0.1) is 6.92 Å². The molecule has 1 atom stereocenters. The Hall–Kier alpha value is -0.930. The van der Waals surface area contributed by atoms with Crippen molar-refractivity contribution in [3.8, 4) is 0 Å². The number of piperidine rings is 1. The molecule has 0 spiro atoms. The van der Waals surface area contributed by atoms with Crippen molar-refractivity contribution in [3.05, 3.63) is 29.6 Å². The van der Waals surface area contributed by atoms with E-state index in [0.717, 1.165) is 24.8 Å². The average Bonchev–Trinajstić information content (AvgIpc) is 2.42. The lowest BCUT2D eigenvalue weighted by atomic mass is 10.0. The number of hydrogen-bond donors (Lipinski definition) is 1. The number of likely N-dealkylation sites (tertiary alicyclic amines) is 1. The van der Waals surface area contributed by atoms with Crippen LogP contribution in [0.5, 0.6) is 0 Å². The number of nitrogens with one attached hydrogen (secondary N) is 1. The second-order valence-corrected chi connectivity index (χ2v) is 5.72. The van der Waals surface area contributed by atoms with Crippen LogP contribution in [-0.2, 0) is 6.54 Å². The van der Waals surface area contributed by atoms with Crippen molar-refractivity contribution in [1.29, 1.82) is 0 Å². The number of aryl methyl sites for hydroxylation is 1. The van der Waals surface area contributed by atoms with E-state index in [1.165, 1.54) is 44.3 Å². The first-order chi connectivity index (χ1) is 9.25. The molecule has 0 aliphatic carbocycles. The van der Waals surface area contributed by atoms with Gasteiger partial charge < -0.3 is 10.2 Å². The number of aromatic nitrogens is 1. The van der Waals surface area contributed by atoms with Gasteiger partial charge in [-0.1, -0.05) is 12.5 Å². The first-order valence-electron chi connectivity index (χ1n) is 7.62. The molecule has 106 valence electrons. The van der Waals surface area contributed by atoms with Gasteiger partial charge in [0.15, 0.2) is 0 Å². The molecule has 1 fully saturated rings. The Balaban J connectivity index is 1.58. The summed E-state index contributed by atoms with van der Waals surface area (Å²) in [5, 5.41) is 3.51. The van der Waals surface area contributed by atoms with Crippen LogP contribution in [0.3, 0.4) is 0 Å². The summed E-state index contributed by atoms with van der Waals surface area (Å²) in [6.07, 6.45) is 7.38. The van der Waals surface area contributed by atoms with Gasteiger partial charge in [0, 0.05) is 24.5 Å². The molecule has 2 rings (SSSR count). The topological polar surface area (TPSA) is 28.2 Å². The number of rotatable bonds is 6. The highest BCUT2D eigenvalue weighted by atomic mass is 15.2. The summed E-state index contributed by atoms with van der Waals surface area (Å²) in [4.78, 5) is 6.95. The zero-order chi connectivity index (χ0) is 13.5. The molecule has 3 heteroatoms. The van der Waals surface area contributed by atoms with Crippen LogP contribution in [0.4, 0.5) is 0 Å². The van der Waals surface area contributed by atoms with Crippen molar-refractivity contribution < 1.29 is 0 Å². The second-order valence-electron chi connectivity index (χ2n) is 5.72. The summed E-state index contributed by atoms with van der Waals surface area (Å²) in [5.41, 5.74) is 2.36. The van der Waals surface area contributed by atoms with Crippen molar-refractivity contribution >= 4 is 0 Å². The lowest BCUT2D eigenvalue weighted by molar-refractivity contribution is 0.159. The number of hydrogen-bond acceptors (Lipinski definition) is 3. The smallest absolute Gasteiger partial charge is 0.0372 e. The van der Waals surface area contributed by atoms with E-state index in [2.05, 4.69) is 34.3 Å². The standard InChI is InChI=1S/C16H27N3/c1-14-7-8-16(13-18-14)12-17-9-5-11-19-10-4-3-6-15(19)2/h7-8,13,15,17H,3-6,9-12H2,1-2H3. The lowest BCUT2D eigenvalue weighted by Crippen LogP contribution is -2.38. The van der Waals surface area contributed by atoms with E-state index in [4.69, 9.17) is 0 Å². The van der Waals surface area contributed by atoms with Crippen LogP contribution >= 0.6 is 0 Å². The zero-order valence-electron chi connectivity index (χ0n) is 12.4. The fraction of sp³-hybridized carbons (Fsp3) is 0.688. The summed E-state index contributed by atoms with van der Waals surface area (Å²) in [7, 11) is 0. The molecule has 2 heterocycles. The SMILES string of the molecule is Cc1ccc(CNCCCN2CCCCC2C)cn1. The Bertz CT molecular complexity index is 361. The molecule has 1 aliphatic heterocycles. The van der Waals surface area contributed by atoms with E-state index in [-0.39, 0.29) is 0 Å². The third-order valence-electron chi connectivity index (χ3n) is 4.04. The van der Waals surface area contributed by atoms with Gasteiger partial charge in [0.1, 0.15) is 0 Å². The molecular weight excluding hydrogens is 234 g/mol. The molecule has 0 aromatic carbocycles. The van der Waals surface area contributed by atoms with E-state index < -0.39 is 0 Å². The van der Waals surface area contributed by atoms with Gasteiger partial charge in [0.05, 0.1) is 0 Å². The van der Waals surface area contributed by atoms with Gasteiger partial charge in [0.2, 0.25) is 0 Å². The van der Waals surface area contributed by atoms with E-state index in [1.54, 1.807) is 0 Å². The fourth-order valence-corrected chi connectivity index (χ4v) is 2.73. The molecule has 1 unspecified atom stereocenters. The molecule has 0 bridgehead atoms. The van der Waals surface area contributed by atoms with Crippen LogP contribution in [0.2, 0.25) is 0 Å². The lowest BCUT2D eigenvalue weighted by Gasteiger charge is -2.33. The van der Waals surface area contributed by atoms with Gasteiger partial charge in [-0.25, -0.2) is 0 Å². The molecule has 0 amide bonds. The summed E-state index contributed by atoms with van der Waals surface area (Å²) in [6, 6.07) is 5.02. The van der Waals surface area contributed by atoms with Gasteiger partial charge in [-0.2, -0.15) is 0 Å². The maximum atomic E-state index is 4.31. The van der Waals surface area contributed by atoms with Crippen LogP contribution in [0.1, 0.15) is 43.9 Å². The molecule has 0 radical (unpaired) electrons. The van der Waals surface area contributed by atoms with Crippen molar-refractivity contribution in [1.82, 2.24) is 15.2 Å². The van der Waals surface area contributed by atoms with E-state index >= 15 is 0 Å². The third kappa shape index (κ3) is 4.92. The number of nitrogens with zero attached hydrogens (tertiary/aromatic N) is 2. The van der Waals surface area contributed by atoms with Crippen molar-refractivity contribution in [2.75, 3.05) is 19.6 Å². The maximum absolute atomic E-state index is 4.31. The molecule has 1 aromatic rings. The Morgan fingerprint density at radius 1 is 1.37 bits per heavy atom. The Kier molecular flexibility index (Phi) is 5.80. The van der Waals surface area contributed by atoms with Gasteiger partial charge in [-0.15, -0.1) is 0 Å². The first kappa shape index (κ1) is 14.5.